The molecule has 3 rings (SSSR count). The van der Waals surface area contributed by atoms with Crippen LogP contribution in [-0.2, 0) is 17.8 Å². The van der Waals surface area contributed by atoms with Gasteiger partial charge in [0.05, 0.1) is 5.75 Å². The second-order valence-corrected chi connectivity index (χ2v) is 6.89. The summed E-state index contributed by atoms with van der Waals surface area (Å²) in [6.45, 7) is 1.02. The zero-order valence-electron chi connectivity index (χ0n) is 12.0. The summed E-state index contributed by atoms with van der Waals surface area (Å²) >= 11 is 1.59. The maximum absolute atomic E-state index is 12.3. The highest BCUT2D eigenvalue weighted by Gasteiger charge is 2.22. The minimum absolute atomic E-state index is 0.308. The first-order valence-electron chi connectivity index (χ1n) is 7.92. The Morgan fingerprint density at radius 2 is 1.90 bits per heavy atom. The molecule has 110 valence electrons. The predicted molar refractivity (Wildman–Crippen MR) is 79.9 cm³/mol. The minimum atomic E-state index is 0.308. The fourth-order valence-electron chi connectivity index (χ4n) is 3.24. The van der Waals surface area contributed by atoms with Crippen molar-refractivity contribution in [1.29, 1.82) is 0 Å². The van der Waals surface area contributed by atoms with E-state index < -0.39 is 0 Å². The topological polar surface area (TPSA) is 47.8 Å². The zero-order valence-corrected chi connectivity index (χ0v) is 12.8. The molecule has 5 heteroatoms. The van der Waals surface area contributed by atoms with Crippen LogP contribution in [0.15, 0.2) is 5.16 Å². The number of fused-ring (bicyclic) bond motifs is 1. The Bertz CT molecular complexity index is 466. The Morgan fingerprint density at radius 1 is 1.10 bits per heavy atom. The van der Waals surface area contributed by atoms with Crippen molar-refractivity contribution in [3.8, 4) is 0 Å². The highest BCUT2D eigenvalue weighted by atomic mass is 32.2. The van der Waals surface area contributed by atoms with Crippen LogP contribution >= 0.6 is 11.8 Å². The number of hydrogen-bond donors (Lipinski definition) is 0. The Balaban J connectivity index is 1.58. The van der Waals surface area contributed by atoms with Crippen molar-refractivity contribution in [2.45, 2.75) is 69.5 Å². The minimum Gasteiger partial charge on any atom is -0.306 e. The molecule has 0 N–H and O–H groups in total. The second-order valence-electron chi connectivity index (χ2n) is 5.95. The standard InChI is InChI=1S/C15H23N3OS/c19-13(12-7-3-1-4-8-12)11-20-15-17-16-14-9-5-2-6-10-18(14)15/h12H,1-11H2. The molecule has 0 bridgehead atoms. The smallest absolute Gasteiger partial charge is 0.191 e. The molecule has 0 atom stereocenters. The Hall–Kier alpha value is -0.840. The van der Waals surface area contributed by atoms with Crippen molar-refractivity contribution in [2.24, 2.45) is 5.92 Å². The van der Waals surface area contributed by atoms with E-state index in [-0.39, 0.29) is 0 Å². The Morgan fingerprint density at radius 3 is 2.75 bits per heavy atom. The average molecular weight is 293 g/mol. The number of carbonyl (C=O) groups excluding carboxylic acids is 1. The van der Waals surface area contributed by atoms with Gasteiger partial charge in [-0.2, -0.15) is 0 Å². The van der Waals surface area contributed by atoms with Gasteiger partial charge in [-0.1, -0.05) is 37.4 Å². The van der Waals surface area contributed by atoms with Crippen LogP contribution < -0.4 is 0 Å². The number of Topliss-reactive ketones (excluding diaryl/α,β-unsaturated/α-hetero) is 1. The Labute approximate surface area is 124 Å². The van der Waals surface area contributed by atoms with E-state index in [2.05, 4.69) is 14.8 Å². The van der Waals surface area contributed by atoms with Crippen LogP contribution in [0.3, 0.4) is 0 Å². The van der Waals surface area contributed by atoms with Crippen LogP contribution in [-0.4, -0.2) is 26.3 Å². The van der Waals surface area contributed by atoms with Gasteiger partial charge in [0.25, 0.3) is 0 Å². The number of aromatic nitrogens is 3. The number of hydrogen-bond acceptors (Lipinski definition) is 4. The number of rotatable bonds is 4. The molecule has 1 saturated carbocycles. The third kappa shape index (κ3) is 3.25. The van der Waals surface area contributed by atoms with E-state index in [0.717, 1.165) is 36.8 Å². The average Bonchev–Trinajstić information content (AvgIpc) is 2.72. The molecule has 20 heavy (non-hydrogen) atoms. The zero-order chi connectivity index (χ0) is 13.8. The summed E-state index contributed by atoms with van der Waals surface area (Å²) in [5.74, 6) is 2.40. The van der Waals surface area contributed by atoms with Gasteiger partial charge >= 0.3 is 0 Å². The molecule has 0 saturated heterocycles. The van der Waals surface area contributed by atoms with E-state index in [1.165, 1.54) is 38.5 Å². The maximum Gasteiger partial charge on any atom is 0.191 e. The van der Waals surface area contributed by atoms with Gasteiger partial charge in [-0.25, -0.2) is 0 Å². The summed E-state index contributed by atoms with van der Waals surface area (Å²) in [5.41, 5.74) is 0. The molecule has 0 amide bonds. The van der Waals surface area contributed by atoms with Crippen LogP contribution in [0.2, 0.25) is 0 Å². The first-order valence-corrected chi connectivity index (χ1v) is 8.91. The summed E-state index contributed by atoms with van der Waals surface area (Å²) in [5, 5.41) is 9.52. The van der Waals surface area contributed by atoms with E-state index in [4.69, 9.17) is 0 Å². The largest absolute Gasteiger partial charge is 0.306 e. The summed E-state index contributed by atoms with van der Waals surface area (Å²) in [7, 11) is 0. The van der Waals surface area contributed by atoms with E-state index in [1.807, 2.05) is 0 Å². The first-order chi connectivity index (χ1) is 9.84. The van der Waals surface area contributed by atoms with E-state index in [0.29, 0.717) is 17.5 Å². The number of ketones is 1. The Kier molecular flexibility index (Phi) is 4.76. The van der Waals surface area contributed by atoms with Gasteiger partial charge in [0.1, 0.15) is 11.6 Å². The van der Waals surface area contributed by atoms with E-state index in [9.17, 15) is 4.79 Å². The van der Waals surface area contributed by atoms with E-state index in [1.54, 1.807) is 11.8 Å². The molecule has 0 unspecified atom stereocenters. The molecule has 0 radical (unpaired) electrons. The number of thioether (sulfide) groups is 1. The molecule has 4 nitrogen and oxygen atoms in total. The lowest BCUT2D eigenvalue weighted by molar-refractivity contribution is -0.121. The molecule has 1 aliphatic carbocycles. The van der Waals surface area contributed by atoms with Gasteiger partial charge in [-0.3, -0.25) is 4.79 Å². The van der Waals surface area contributed by atoms with Crippen LogP contribution in [0, 0.1) is 5.92 Å². The molecule has 2 aliphatic rings. The summed E-state index contributed by atoms with van der Waals surface area (Å²) in [6.07, 6.45) is 10.7. The summed E-state index contributed by atoms with van der Waals surface area (Å²) in [4.78, 5) is 12.3. The summed E-state index contributed by atoms with van der Waals surface area (Å²) < 4.78 is 2.23. The van der Waals surface area contributed by atoms with E-state index >= 15 is 0 Å². The lowest BCUT2D eigenvalue weighted by atomic mass is 9.87. The highest BCUT2D eigenvalue weighted by Crippen LogP contribution is 2.27. The molecule has 1 fully saturated rings. The van der Waals surface area contributed by atoms with Crippen molar-refractivity contribution >= 4 is 17.5 Å². The van der Waals surface area contributed by atoms with Gasteiger partial charge in [-0.15, -0.1) is 10.2 Å². The van der Waals surface area contributed by atoms with Crippen molar-refractivity contribution in [3.63, 3.8) is 0 Å². The van der Waals surface area contributed by atoms with Crippen molar-refractivity contribution in [1.82, 2.24) is 14.8 Å². The van der Waals surface area contributed by atoms with Crippen molar-refractivity contribution in [3.05, 3.63) is 5.82 Å². The van der Waals surface area contributed by atoms with Crippen molar-refractivity contribution in [2.75, 3.05) is 5.75 Å². The van der Waals surface area contributed by atoms with Gasteiger partial charge in [0.15, 0.2) is 5.16 Å². The lowest BCUT2D eigenvalue weighted by Crippen LogP contribution is -2.19. The molecule has 2 heterocycles. The fourth-order valence-corrected chi connectivity index (χ4v) is 4.20. The van der Waals surface area contributed by atoms with Crippen LogP contribution in [0.4, 0.5) is 0 Å². The monoisotopic (exact) mass is 293 g/mol. The normalized spacial score (nSPS) is 20.4. The summed E-state index contributed by atoms with van der Waals surface area (Å²) in [6, 6.07) is 0. The number of nitrogens with zero attached hydrogens (tertiary/aromatic N) is 3. The fraction of sp³-hybridized carbons (Fsp3) is 0.800. The second kappa shape index (κ2) is 6.74. The van der Waals surface area contributed by atoms with Gasteiger partial charge in [0.2, 0.25) is 0 Å². The van der Waals surface area contributed by atoms with Crippen LogP contribution in [0.5, 0.6) is 0 Å². The number of carbonyl (C=O) groups is 1. The third-order valence-electron chi connectivity index (χ3n) is 4.48. The van der Waals surface area contributed by atoms with Crippen LogP contribution in [0.1, 0.15) is 57.2 Å². The highest BCUT2D eigenvalue weighted by molar-refractivity contribution is 7.99. The molecule has 0 spiro atoms. The molecule has 1 aliphatic heterocycles. The lowest BCUT2D eigenvalue weighted by Gasteiger charge is -2.19. The predicted octanol–water partition coefficient (Wildman–Crippen LogP) is 3.25. The van der Waals surface area contributed by atoms with Gasteiger partial charge in [-0.05, 0) is 25.7 Å². The first kappa shape index (κ1) is 14.1. The quantitative estimate of drug-likeness (QED) is 0.800. The number of aryl methyl sites for hydroxylation is 1. The third-order valence-corrected chi connectivity index (χ3v) is 5.47. The molecular weight excluding hydrogens is 270 g/mol. The van der Waals surface area contributed by atoms with Gasteiger partial charge < -0.3 is 4.57 Å². The molecular formula is C15H23N3OS. The molecule has 1 aromatic rings. The molecule has 0 aromatic carbocycles. The molecule has 1 aromatic heterocycles. The van der Waals surface area contributed by atoms with Crippen molar-refractivity contribution < 1.29 is 4.79 Å². The van der Waals surface area contributed by atoms with Gasteiger partial charge in [0, 0.05) is 18.9 Å². The van der Waals surface area contributed by atoms with Crippen LogP contribution in [0.25, 0.3) is 0 Å². The maximum atomic E-state index is 12.3. The SMILES string of the molecule is O=C(CSc1nnc2n1CCCCC2)C1CCCCC1.